The summed E-state index contributed by atoms with van der Waals surface area (Å²) in [4.78, 5) is 29.4. The Morgan fingerprint density at radius 3 is 2.11 bits per heavy atom. The molecule has 0 spiro atoms. The summed E-state index contributed by atoms with van der Waals surface area (Å²) in [6.07, 6.45) is -0.143. The van der Waals surface area contributed by atoms with Gasteiger partial charge in [0.15, 0.2) is 0 Å². The Balaban J connectivity index is 1.39. The fraction of sp³-hybridized carbons (Fsp3) is 0.250. The van der Waals surface area contributed by atoms with E-state index in [0.29, 0.717) is 11.0 Å². The zero-order chi connectivity index (χ0) is 24.8. The molecule has 0 saturated carbocycles. The number of fused-ring (bicyclic) bond motifs is 3. The SMILES string of the molecule is COC(=O)[C@H](Cc1ccccc1)N=C([Se])[C@H](C)NC(=O)OCC1c2ccccc2-c2ccccc21. The fourth-order valence-corrected chi connectivity index (χ4v) is 4.69. The Morgan fingerprint density at radius 1 is 0.943 bits per heavy atom. The quantitative estimate of drug-likeness (QED) is 0.266. The van der Waals surface area contributed by atoms with E-state index in [9.17, 15) is 9.59 Å². The molecule has 6 nitrogen and oxygen atoms in total. The summed E-state index contributed by atoms with van der Waals surface area (Å²) in [6.45, 7) is 2.01. The van der Waals surface area contributed by atoms with E-state index in [0.717, 1.165) is 16.7 Å². The fourth-order valence-electron chi connectivity index (χ4n) is 4.30. The van der Waals surface area contributed by atoms with Gasteiger partial charge in [-0.2, -0.15) is 0 Å². The number of amides is 1. The number of nitrogens with zero attached hydrogens (tertiary/aromatic N) is 1. The van der Waals surface area contributed by atoms with E-state index in [1.165, 1.54) is 18.2 Å². The van der Waals surface area contributed by atoms with Crippen LogP contribution in [0.2, 0.25) is 0 Å². The molecule has 0 aromatic heterocycles. The first kappa shape index (κ1) is 24.7. The van der Waals surface area contributed by atoms with Crippen molar-refractivity contribution in [1.29, 1.82) is 0 Å². The summed E-state index contributed by atoms with van der Waals surface area (Å²) in [6, 6.07) is 24.8. The average Bonchev–Trinajstić information content (AvgIpc) is 3.20. The molecule has 4 rings (SSSR count). The first-order valence-electron chi connectivity index (χ1n) is 11.5. The van der Waals surface area contributed by atoms with Crippen molar-refractivity contribution in [2.75, 3.05) is 13.7 Å². The van der Waals surface area contributed by atoms with E-state index in [-0.39, 0.29) is 12.5 Å². The summed E-state index contributed by atoms with van der Waals surface area (Å²) in [5, 5.41) is 2.80. The van der Waals surface area contributed by atoms with Gasteiger partial charge in [-0.15, -0.1) is 0 Å². The van der Waals surface area contributed by atoms with Crippen molar-refractivity contribution in [3.63, 3.8) is 0 Å². The van der Waals surface area contributed by atoms with Crippen LogP contribution in [0.3, 0.4) is 0 Å². The molecule has 0 saturated heterocycles. The van der Waals surface area contributed by atoms with Crippen LogP contribution in [0.5, 0.6) is 0 Å². The van der Waals surface area contributed by atoms with Gasteiger partial charge in [-0.1, -0.05) is 0 Å². The monoisotopic (exact) mass is 535 g/mol. The van der Waals surface area contributed by atoms with E-state index in [1.807, 2.05) is 54.6 Å². The van der Waals surface area contributed by atoms with Gasteiger partial charge in [0.2, 0.25) is 0 Å². The van der Waals surface area contributed by atoms with Crippen molar-refractivity contribution in [3.05, 3.63) is 95.6 Å². The molecule has 35 heavy (non-hydrogen) atoms. The van der Waals surface area contributed by atoms with Crippen LogP contribution in [0.1, 0.15) is 29.5 Å². The number of methoxy groups -OCH3 is 1. The molecular weight excluding hydrogens is 507 g/mol. The molecule has 1 aliphatic carbocycles. The van der Waals surface area contributed by atoms with E-state index >= 15 is 0 Å². The van der Waals surface area contributed by atoms with Crippen molar-refractivity contribution < 1.29 is 19.1 Å². The van der Waals surface area contributed by atoms with Crippen LogP contribution in [0.15, 0.2) is 83.9 Å². The second kappa shape index (κ2) is 11.3. The summed E-state index contributed by atoms with van der Waals surface area (Å²) in [5.41, 5.74) is 5.63. The molecule has 1 N–H and O–H groups in total. The zero-order valence-corrected chi connectivity index (χ0v) is 21.4. The van der Waals surface area contributed by atoms with E-state index in [4.69, 9.17) is 9.47 Å². The van der Waals surface area contributed by atoms with Crippen LogP contribution in [-0.2, 0) is 20.7 Å². The second-order valence-electron chi connectivity index (χ2n) is 8.39. The van der Waals surface area contributed by atoms with Crippen molar-refractivity contribution in [2.24, 2.45) is 4.99 Å². The molecule has 1 amide bonds. The summed E-state index contributed by atoms with van der Waals surface area (Å²) < 4.78 is 11.0. The third kappa shape index (κ3) is 5.81. The number of alkyl carbamates (subject to hydrolysis) is 1. The van der Waals surface area contributed by atoms with Gasteiger partial charge in [0.25, 0.3) is 0 Å². The molecule has 0 fully saturated rings. The first-order chi connectivity index (χ1) is 17.0. The third-order valence-corrected chi connectivity index (χ3v) is 7.04. The van der Waals surface area contributed by atoms with E-state index < -0.39 is 24.1 Å². The number of hydrogen-bond donors (Lipinski definition) is 1. The minimum absolute atomic E-state index is 0.0145. The molecule has 0 bridgehead atoms. The predicted molar refractivity (Wildman–Crippen MR) is 137 cm³/mol. The normalized spacial score (nSPS) is 14.4. The molecule has 0 heterocycles. The number of esters is 1. The topological polar surface area (TPSA) is 77.0 Å². The van der Waals surface area contributed by atoms with Gasteiger partial charge >= 0.3 is 214 Å². The maximum atomic E-state index is 12.6. The maximum absolute atomic E-state index is 12.6. The molecule has 0 unspecified atom stereocenters. The van der Waals surface area contributed by atoms with Gasteiger partial charge < -0.3 is 0 Å². The van der Waals surface area contributed by atoms with Crippen molar-refractivity contribution >= 4 is 32.7 Å². The van der Waals surface area contributed by atoms with Crippen LogP contribution in [0.25, 0.3) is 11.1 Å². The van der Waals surface area contributed by atoms with E-state index in [1.54, 1.807) is 6.92 Å². The summed E-state index contributed by atoms with van der Waals surface area (Å²) >= 11 is 2.87. The van der Waals surface area contributed by atoms with Gasteiger partial charge in [-0.05, 0) is 0 Å². The Kier molecular flexibility index (Phi) is 8.01. The van der Waals surface area contributed by atoms with Gasteiger partial charge in [0, 0.05) is 0 Å². The van der Waals surface area contributed by atoms with Gasteiger partial charge in [0.05, 0.1) is 0 Å². The molecule has 1 radical (unpaired) electrons. The van der Waals surface area contributed by atoms with Crippen LogP contribution in [0.4, 0.5) is 4.79 Å². The third-order valence-electron chi connectivity index (χ3n) is 6.08. The Morgan fingerprint density at radius 2 is 1.51 bits per heavy atom. The van der Waals surface area contributed by atoms with Gasteiger partial charge in [0.1, 0.15) is 0 Å². The van der Waals surface area contributed by atoms with Crippen molar-refractivity contribution in [3.8, 4) is 11.1 Å². The molecule has 7 heteroatoms. The summed E-state index contributed by atoms with van der Waals surface area (Å²) in [5.74, 6) is -0.450. The van der Waals surface area contributed by atoms with Crippen LogP contribution in [-0.4, -0.2) is 58.5 Å². The summed E-state index contributed by atoms with van der Waals surface area (Å²) in [7, 11) is 1.34. The zero-order valence-electron chi connectivity index (χ0n) is 19.6. The molecule has 3 aromatic carbocycles. The Bertz CT molecular complexity index is 1180. The average molecular weight is 534 g/mol. The number of carbonyl (C=O) groups is 2. The number of ether oxygens (including phenoxy) is 2. The van der Waals surface area contributed by atoms with Crippen molar-refractivity contribution in [1.82, 2.24) is 5.32 Å². The minimum atomic E-state index is -0.717. The molecule has 2 atom stereocenters. The van der Waals surface area contributed by atoms with Crippen LogP contribution < -0.4 is 5.32 Å². The second-order valence-corrected chi connectivity index (χ2v) is 9.27. The Labute approximate surface area is 213 Å². The Hall–Kier alpha value is -3.41. The van der Waals surface area contributed by atoms with Gasteiger partial charge in [-0.3, -0.25) is 0 Å². The number of carbonyl (C=O) groups excluding carboxylic acids is 2. The standard InChI is InChI=1S/C28H27N2O4Se/c1-18(26(35)30-25(27(31)33-2)16-19-10-4-3-5-11-19)29-28(32)34-17-24-22-14-8-6-12-20(22)21-13-7-9-15-23(21)24/h3-15,18,24-25H,16-17H2,1-2H3,(H,29,32)/t18-,25-/m0/s1. The van der Waals surface area contributed by atoms with E-state index in [2.05, 4.69) is 50.6 Å². The number of hydrogen-bond acceptors (Lipinski definition) is 5. The molecule has 1 aliphatic rings. The van der Waals surface area contributed by atoms with Crippen LogP contribution in [0, 0.1) is 0 Å². The van der Waals surface area contributed by atoms with Gasteiger partial charge in [-0.25, -0.2) is 0 Å². The number of benzene rings is 3. The number of nitrogens with one attached hydrogen (secondary N) is 1. The molecule has 179 valence electrons. The molecule has 0 aliphatic heterocycles. The number of rotatable bonds is 8. The molecular formula is C28H27N2O4Se. The predicted octanol–water partition coefficient (Wildman–Crippen LogP) is 4.26. The first-order valence-corrected chi connectivity index (χ1v) is 12.3. The van der Waals surface area contributed by atoms with Crippen molar-refractivity contribution in [2.45, 2.75) is 31.3 Å². The molecule has 3 aromatic rings. The van der Waals surface area contributed by atoms with Crippen LogP contribution >= 0.6 is 0 Å². The number of aliphatic imine (C=N–C) groups is 1.